The standard InChI is InChI=1S/C16H17N3O2S/c20-15(14-4-2-10-22-14)18-13-5-8-19(9-6-13)16(21)12-3-1-7-17-11-12/h1-4,7,10-11,13H,5-6,8-9H2,(H,18,20). The molecule has 3 heterocycles. The first-order chi connectivity index (χ1) is 10.7. The quantitative estimate of drug-likeness (QED) is 0.944. The molecule has 1 aliphatic heterocycles. The topological polar surface area (TPSA) is 62.3 Å². The predicted octanol–water partition coefficient (Wildman–Crippen LogP) is 2.18. The molecule has 0 spiro atoms. The molecule has 1 saturated heterocycles. The van der Waals surface area contributed by atoms with E-state index < -0.39 is 0 Å². The van der Waals surface area contributed by atoms with Gasteiger partial charge in [-0.2, -0.15) is 0 Å². The van der Waals surface area contributed by atoms with Crippen LogP contribution in [0.1, 0.15) is 32.9 Å². The number of nitrogens with zero attached hydrogens (tertiary/aromatic N) is 2. The minimum atomic E-state index is -0.0213. The summed E-state index contributed by atoms with van der Waals surface area (Å²) >= 11 is 1.44. The third kappa shape index (κ3) is 3.33. The van der Waals surface area contributed by atoms with Crippen molar-refractivity contribution in [1.29, 1.82) is 0 Å². The summed E-state index contributed by atoms with van der Waals surface area (Å²) in [5.74, 6) is -0.0110. The maximum Gasteiger partial charge on any atom is 0.261 e. The number of carbonyl (C=O) groups excluding carboxylic acids is 2. The summed E-state index contributed by atoms with van der Waals surface area (Å²) in [5, 5.41) is 4.93. The van der Waals surface area contributed by atoms with Crippen LogP contribution in [-0.4, -0.2) is 40.8 Å². The highest BCUT2D eigenvalue weighted by molar-refractivity contribution is 7.12. The number of carbonyl (C=O) groups is 2. The number of amides is 2. The lowest BCUT2D eigenvalue weighted by Gasteiger charge is -2.32. The third-order valence-corrected chi connectivity index (χ3v) is 4.64. The van der Waals surface area contributed by atoms with Gasteiger partial charge < -0.3 is 10.2 Å². The summed E-state index contributed by atoms with van der Waals surface area (Å²) in [5.41, 5.74) is 0.614. The molecule has 22 heavy (non-hydrogen) atoms. The van der Waals surface area contributed by atoms with E-state index in [0.29, 0.717) is 18.7 Å². The number of piperidine rings is 1. The zero-order valence-electron chi connectivity index (χ0n) is 12.1. The molecule has 1 fully saturated rings. The molecule has 0 aliphatic carbocycles. The highest BCUT2D eigenvalue weighted by Crippen LogP contribution is 2.15. The highest BCUT2D eigenvalue weighted by atomic mass is 32.1. The Balaban J connectivity index is 1.52. The van der Waals surface area contributed by atoms with Gasteiger partial charge in [-0.25, -0.2) is 0 Å². The molecule has 114 valence electrons. The molecule has 2 amide bonds. The van der Waals surface area contributed by atoms with Gasteiger partial charge in [0.1, 0.15) is 0 Å². The van der Waals surface area contributed by atoms with Crippen molar-refractivity contribution < 1.29 is 9.59 Å². The minimum Gasteiger partial charge on any atom is -0.348 e. The maximum absolute atomic E-state index is 12.3. The summed E-state index contributed by atoms with van der Waals surface area (Å²) in [4.78, 5) is 30.9. The van der Waals surface area contributed by atoms with Crippen LogP contribution in [-0.2, 0) is 0 Å². The Labute approximate surface area is 133 Å². The van der Waals surface area contributed by atoms with Crippen LogP contribution in [0.4, 0.5) is 0 Å². The second-order valence-corrected chi connectivity index (χ2v) is 6.21. The second-order valence-electron chi connectivity index (χ2n) is 5.26. The Morgan fingerprint density at radius 2 is 2.05 bits per heavy atom. The number of rotatable bonds is 3. The van der Waals surface area contributed by atoms with Gasteiger partial charge in [-0.3, -0.25) is 14.6 Å². The number of aromatic nitrogens is 1. The molecule has 0 bridgehead atoms. The lowest BCUT2D eigenvalue weighted by atomic mass is 10.0. The van der Waals surface area contributed by atoms with E-state index in [2.05, 4.69) is 10.3 Å². The Hall–Kier alpha value is -2.21. The van der Waals surface area contributed by atoms with Crippen LogP contribution in [0.3, 0.4) is 0 Å². The number of likely N-dealkylation sites (tertiary alicyclic amines) is 1. The van der Waals surface area contributed by atoms with Crippen LogP contribution in [0.5, 0.6) is 0 Å². The molecule has 0 atom stereocenters. The molecule has 1 N–H and O–H groups in total. The summed E-state index contributed by atoms with van der Waals surface area (Å²) in [6.07, 6.45) is 4.81. The Morgan fingerprint density at radius 1 is 1.23 bits per heavy atom. The van der Waals surface area contributed by atoms with Crippen molar-refractivity contribution in [3.8, 4) is 0 Å². The van der Waals surface area contributed by atoms with Crippen molar-refractivity contribution in [2.24, 2.45) is 0 Å². The van der Waals surface area contributed by atoms with Crippen molar-refractivity contribution in [3.63, 3.8) is 0 Å². The molecule has 3 rings (SSSR count). The summed E-state index contributed by atoms with van der Waals surface area (Å²) < 4.78 is 0. The van der Waals surface area contributed by atoms with Crippen molar-refractivity contribution in [2.45, 2.75) is 18.9 Å². The van der Waals surface area contributed by atoms with Crippen LogP contribution < -0.4 is 5.32 Å². The molecule has 0 radical (unpaired) electrons. The average Bonchev–Trinajstić information content (AvgIpc) is 3.10. The van der Waals surface area contributed by atoms with Crippen molar-refractivity contribution in [3.05, 3.63) is 52.5 Å². The number of hydrogen-bond donors (Lipinski definition) is 1. The van der Waals surface area contributed by atoms with Gasteiger partial charge in [-0.05, 0) is 36.4 Å². The number of hydrogen-bond acceptors (Lipinski definition) is 4. The van der Waals surface area contributed by atoms with Crippen molar-refractivity contribution in [1.82, 2.24) is 15.2 Å². The van der Waals surface area contributed by atoms with E-state index in [1.807, 2.05) is 22.4 Å². The maximum atomic E-state index is 12.3. The van der Waals surface area contributed by atoms with E-state index in [1.165, 1.54) is 11.3 Å². The van der Waals surface area contributed by atoms with Crippen molar-refractivity contribution in [2.75, 3.05) is 13.1 Å². The first kappa shape index (κ1) is 14.7. The van der Waals surface area contributed by atoms with Gasteiger partial charge in [0.25, 0.3) is 11.8 Å². The van der Waals surface area contributed by atoms with E-state index in [1.54, 1.807) is 24.5 Å². The SMILES string of the molecule is O=C(NC1CCN(C(=O)c2cccnc2)CC1)c1cccs1. The van der Waals surface area contributed by atoms with Gasteiger partial charge in [0.05, 0.1) is 10.4 Å². The van der Waals surface area contributed by atoms with Gasteiger partial charge in [0, 0.05) is 31.5 Å². The zero-order valence-corrected chi connectivity index (χ0v) is 12.9. The molecule has 6 heteroatoms. The smallest absolute Gasteiger partial charge is 0.261 e. The van der Waals surface area contributed by atoms with Crippen LogP contribution in [0, 0.1) is 0 Å². The molecule has 2 aromatic rings. The van der Waals surface area contributed by atoms with E-state index in [0.717, 1.165) is 17.7 Å². The van der Waals surface area contributed by atoms with Crippen LogP contribution in [0.25, 0.3) is 0 Å². The monoisotopic (exact) mass is 315 g/mol. The van der Waals surface area contributed by atoms with E-state index in [9.17, 15) is 9.59 Å². The van der Waals surface area contributed by atoms with Crippen LogP contribution >= 0.6 is 11.3 Å². The first-order valence-electron chi connectivity index (χ1n) is 7.28. The number of pyridine rings is 1. The highest BCUT2D eigenvalue weighted by Gasteiger charge is 2.25. The van der Waals surface area contributed by atoms with E-state index >= 15 is 0 Å². The Morgan fingerprint density at radius 3 is 2.68 bits per heavy atom. The normalized spacial score (nSPS) is 15.5. The van der Waals surface area contributed by atoms with Gasteiger partial charge in [0.2, 0.25) is 0 Å². The Bertz CT molecular complexity index is 635. The number of thiophene rings is 1. The van der Waals surface area contributed by atoms with Crippen molar-refractivity contribution >= 4 is 23.2 Å². The van der Waals surface area contributed by atoms with E-state index in [4.69, 9.17) is 0 Å². The molecule has 0 aromatic carbocycles. The minimum absolute atomic E-state index is 0.0103. The predicted molar refractivity (Wildman–Crippen MR) is 84.9 cm³/mol. The van der Waals surface area contributed by atoms with Gasteiger partial charge >= 0.3 is 0 Å². The second kappa shape index (κ2) is 6.70. The van der Waals surface area contributed by atoms with Gasteiger partial charge in [-0.1, -0.05) is 6.07 Å². The lowest BCUT2D eigenvalue weighted by Crippen LogP contribution is -2.46. The molecule has 5 nitrogen and oxygen atoms in total. The fourth-order valence-corrected chi connectivity index (χ4v) is 3.19. The van der Waals surface area contributed by atoms with Gasteiger partial charge in [0.15, 0.2) is 0 Å². The molecule has 0 unspecified atom stereocenters. The fraction of sp³-hybridized carbons (Fsp3) is 0.312. The Kier molecular flexibility index (Phi) is 4.48. The molecular weight excluding hydrogens is 298 g/mol. The molecule has 2 aromatic heterocycles. The molecule has 1 aliphatic rings. The fourth-order valence-electron chi connectivity index (χ4n) is 2.56. The molecular formula is C16H17N3O2S. The largest absolute Gasteiger partial charge is 0.348 e. The summed E-state index contributed by atoms with van der Waals surface area (Å²) in [6.45, 7) is 1.31. The average molecular weight is 315 g/mol. The summed E-state index contributed by atoms with van der Waals surface area (Å²) in [7, 11) is 0. The van der Waals surface area contributed by atoms with Crippen LogP contribution in [0.2, 0.25) is 0 Å². The van der Waals surface area contributed by atoms with Gasteiger partial charge in [-0.15, -0.1) is 11.3 Å². The zero-order chi connectivity index (χ0) is 15.4. The first-order valence-corrected chi connectivity index (χ1v) is 8.15. The third-order valence-electron chi connectivity index (χ3n) is 3.77. The van der Waals surface area contributed by atoms with E-state index in [-0.39, 0.29) is 17.9 Å². The lowest BCUT2D eigenvalue weighted by molar-refractivity contribution is 0.0698. The summed E-state index contributed by atoms with van der Waals surface area (Å²) in [6, 6.07) is 7.37. The number of nitrogens with one attached hydrogen (secondary N) is 1. The van der Waals surface area contributed by atoms with Crippen LogP contribution in [0.15, 0.2) is 42.0 Å². The molecule has 0 saturated carbocycles.